The summed E-state index contributed by atoms with van der Waals surface area (Å²) in [6.07, 6.45) is 0. The summed E-state index contributed by atoms with van der Waals surface area (Å²) < 4.78 is 14.3. The van der Waals surface area contributed by atoms with E-state index in [-0.39, 0.29) is 23.5 Å². The zero-order valence-corrected chi connectivity index (χ0v) is 13.8. The number of carbonyl (C=O) groups excluding carboxylic acids is 3. The zero-order chi connectivity index (χ0) is 18.4. The first-order valence-corrected chi connectivity index (χ1v) is 7.06. The number of allylic oxidation sites excluding steroid dienone is 2. The van der Waals surface area contributed by atoms with Crippen molar-refractivity contribution in [3.63, 3.8) is 0 Å². The van der Waals surface area contributed by atoms with Gasteiger partial charge in [0.15, 0.2) is 6.61 Å². The second kappa shape index (κ2) is 8.14. The number of nitrogens with one attached hydrogen (secondary N) is 1. The molecule has 9 nitrogen and oxygen atoms in total. The quantitative estimate of drug-likeness (QED) is 0.511. The number of ether oxygens (including phenoxy) is 3. The lowest BCUT2D eigenvalue weighted by Crippen LogP contribution is -2.38. The van der Waals surface area contributed by atoms with Crippen LogP contribution in [0.5, 0.6) is 0 Å². The number of methoxy groups -OCH3 is 1. The van der Waals surface area contributed by atoms with E-state index in [1.807, 2.05) is 0 Å². The number of esters is 3. The molecule has 1 aliphatic heterocycles. The summed E-state index contributed by atoms with van der Waals surface area (Å²) in [5, 5.41) is 11.4. The van der Waals surface area contributed by atoms with Gasteiger partial charge >= 0.3 is 23.9 Å². The second-order valence-corrected chi connectivity index (χ2v) is 4.85. The van der Waals surface area contributed by atoms with Crippen LogP contribution in [0.3, 0.4) is 0 Å². The van der Waals surface area contributed by atoms with Gasteiger partial charge in [-0.15, -0.1) is 0 Å². The minimum atomic E-state index is -1.36. The Labute approximate surface area is 138 Å². The maximum Gasteiger partial charge on any atom is 0.341 e. The zero-order valence-electron chi connectivity index (χ0n) is 13.8. The summed E-state index contributed by atoms with van der Waals surface area (Å²) in [5.41, 5.74) is 0.302. The van der Waals surface area contributed by atoms with Gasteiger partial charge in [-0.25, -0.2) is 14.4 Å². The monoisotopic (exact) mass is 341 g/mol. The molecule has 2 N–H and O–H groups in total. The van der Waals surface area contributed by atoms with Gasteiger partial charge in [0.2, 0.25) is 0 Å². The average molecular weight is 341 g/mol. The SMILES string of the molecule is CCOC(=O)C1=C(C)NC(C)=C(C(=O)OCC(=O)O)C1C(=O)OC. The second-order valence-electron chi connectivity index (χ2n) is 4.85. The normalized spacial score (nSPS) is 17.1. The van der Waals surface area contributed by atoms with Crippen molar-refractivity contribution in [2.45, 2.75) is 20.8 Å². The fourth-order valence-corrected chi connectivity index (χ4v) is 2.30. The van der Waals surface area contributed by atoms with Crippen molar-refractivity contribution in [2.24, 2.45) is 5.92 Å². The van der Waals surface area contributed by atoms with Crippen LogP contribution in [0.25, 0.3) is 0 Å². The number of carbonyl (C=O) groups is 4. The predicted octanol–water partition coefficient (Wildman–Crippen LogP) is 0.118. The van der Waals surface area contributed by atoms with Crippen molar-refractivity contribution < 1.29 is 38.5 Å². The molecule has 0 bridgehead atoms. The van der Waals surface area contributed by atoms with Gasteiger partial charge in [0.1, 0.15) is 5.92 Å². The number of hydrogen-bond donors (Lipinski definition) is 2. The van der Waals surface area contributed by atoms with Crippen molar-refractivity contribution in [1.29, 1.82) is 0 Å². The molecule has 0 fully saturated rings. The Kier molecular flexibility index (Phi) is 6.51. The molecule has 0 radical (unpaired) electrons. The van der Waals surface area contributed by atoms with Crippen LogP contribution in [-0.4, -0.2) is 49.3 Å². The topological polar surface area (TPSA) is 128 Å². The summed E-state index contributed by atoms with van der Waals surface area (Å²) in [6.45, 7) is 3.84. The van der Waals surface area contributed by atoms with Crippen molar-refractivity contribution in [2.75, 3.05) is 20.3 Å². The van der Waals surface area contributed by atoms with Crippen molar-refractivity contribution >= 4 is 23.9 Å². The third-order valence-electron chi connectivity index (χ3n) is 3.24. The average Bonchev–Trinajstić information content (AvgIpc) is 2.51. The van der Waals surface area contributed by atoms with E-state index in [1.54, 1.807) is 13.8 Å². The van der Waals surface area contributed by atoms with Crippen molar-refractivity contribution in [3.05, 3.63) is 22.5 Å². The van der Waals surface area contributed by atoms with Crippen LogP contribution in [-0.2, 0) is 33.4 Å². The molecule has 1 aliphatic rings. The van der Waals surface area contributed by atoms with Crippen molar-refractivity contribution in [1.82, 2.24) is 5.32 Å². The van der Waals surface area contributed by atoms with Gasteiger partial charge in [-0.3, -0.25) is 4.79 Å². The Morgan fingerprint density at radius 1 is 1.04 bits per heavy atom. The standard InChI is InChI=1S/C15H19NO8/c1-5-23-14(20)10-7(2)16-8(3)11(12(10)13(19)22-4)15(21)24-6-9(17)18/h12,16H,5-6H2,1-4H3,(H,17,18). The van der Waals surface area contributed by atoms with E-state index < -0.39 is 36.4 Å². The number of hydrogen-bond acceptors (Lipinski definition) is 8. The lowest BCUT2D eigenvalue weighted by atomic mass is 9.85. The van der Waals surface area contributed by atoms with Crippen LogP contribution in [0.1, 0.15) is 20.8 Å². The highest BCUT2D eigenvalue weighted by Gasteiger charge is 2.42. The highest BCUT2D eigenvalue weighted by atomic mass is 16.6. The molecule has 0 amide bonds. The highest BCUT2D eigenvalue weighted by molar-refractivity contribution is 6.05. The third kappa shape index (κ3) is 4.12. The molecule has 0 saturated carbocycles. The molecule has 0 spiro atoms. The first-order chi connectivity index (χ1) is 11.2. The number of carboxylic acids is 1. The van der Waals surface area contributed by atoms with Gasteiger partial charge in [-0.05, 0) is 20.8 Å². The van der Waals surface area contributed by atoms with E-state index in [1.165, 1.54) is 6.92 Å². The van der Waals surface area contributed by atoms with Crippen molar-refractivity contribution in [3.8, 4) is 0 Å². The smallest absolute Gasteiger partial charge is 0.341 e. The molecule has 1 rings (SSSR count). The Morgan fingerprint density at radius 2 is 1.54 bits per heavy atom. The lowest BCUT2D eigenvalue weighted by molar-refractivity contribution is -0.154. The van der Waals surface area contributed by atoms with Gasteiger partial charge in [-0.2, -0.15) is 0 Å². The summed E-state index contributed by atoms with van der Waals surface area (Å²) in [6, 6.07) is 0. The molecule has 132 valence electrons. The number of aliphatic carboxylic acids is 1. The lowest BCUT2D eigenvalue weighted by Gasteiger charge is -2.28. The van der Waals surface area contributed by atoms with Crippen LogP contribution < -0.4 is 5.32 Å². The Bertz CT molecular complexity index is 631. The van der Waals surface area contributed by atoms with Gasteiger partial charge in [0, 0.05) is 11.4 Å². The maximum absolute atomic E-state index is 12.2. The number of rotatable bonds is 6. The molecular weight excluding hydrogens is 322 g/mol. The fourth-order valence-electron chi connectivity index (χ4n) is 2.30. The largest absolute Gasteiger partial charge is 0.479 e. The molecule has 0 aromatic heterocycles. The van der Waals surface area contributed by atoms with E-state index in [9.17, 15) is 19.2 Å². The van der Waals surface area contributed by atoms with Crippen LogP contribution in [0, 0.1) is 5.92 Å². The highest BCUT2D eigenvalue weighted by Crippen LogP contribution is 2.32. The minimum absolute atomic E-state index is 0.0744. The molecule has 0 saturated heterocycles. The molecule has 1 unspecified atom stereocenters. The van der Waals surface area contributed by atoms with Crippen LogP contribution in [0.15, 0.2) is 22.5 Å². The van der Waals surface area contributed by atoms with Crippen LogP contribution in [0.2, 0.25) is 0 Å². The molecule has 9 heteroatoms. The molecular formula is C15H19NO8. The van der Waals surface area contributed by atoms with E-state index in [2.05, 4.69) is 14.8 Å². The fraction of sp³-hybridized carbons (Fsp3) is 0.467. The van der Waals surface area contributed by atoms with Gasteiger partial charge < -0.3 is 24.6 Å². The molecule has 1 atom stereocenters. The Balaban J connectivity index is 3.31. The van der Waals surface area contributed by atoms with Gasteiger partial charge in [0.25, 0.3) is 0 Å². The summed E-state index contributed by atoms with van der Waals surface area (Å²) in [5.74, 6) is -5.39. The Hall–Kier alpha value is -2.84. The van der Waals surface area contributed by atoms with E-state index in [4.69, 9.17) is 9.84 Å². The number of dihydropyridines is 1. The predicted molar refractivity (Wildman–Crippen MR) is 79.3 cm³/mol. The molecule has 0 aliphatic carbocycles. The summed E-state index contributed by atoms with van der Waals surface area (Å²) in [7, 11) is 1.11. The molecule has 1 heterocycles. The molecule has 0 aromatic rings. The van der Waals surface area contributed by atoms with Gasteiger partial charge in [0.05, 0.1) is 24.9 Å². The van der Waals surface area contributed by atoms with Crippen LogP contribution in [0.4, 0.5) is 0 Å². The summed E-state index contributed by atoms with van der Waals surface area (Å²) in [4.78, 5) is 47.1. The van der Waals surface area contributed by atoms with E-state index >= 15 is 0 Å². The summed E-state index contributed by atoms with van der Waals surface area (Å²) >= 11 is 0. The van der Waals surface area contributed by atoms with E-state index in [0.29, 0.717) is 5.70 Å². The maximum atomic E-state index is 12.2. The molecule has 24 heavy (non-hydrogen) atoms. The number of carboxylic acid groups (broad SMARTS) is 1. The third-order valence-corrected chi connectivity index (χ3v) is 3.24. The molecule has 0 aromatic carbocycles. The minimum Gasteiger partial charge on any atom is -0.479 e. The first-order valence-electron chi connectivity index (χ1n) is 7.06. The Morgan fingerprint density at radius 3 is 1.96 bits per heavy atom. The van der Waals surface area contributed by atoms with Crippen LogP contribution >= 0.6 is 0 Å². The first kappa shape index (κ1) is 19.2. The van der Waals surface area contributed by atoms with Gasteiger partial charge in [-0.1, -0.05) is 0 Å². The van der Waals surface area contributed by atoms with E-state index in [0.717, 1.165) is 7.11 Å².